The van der Waals surface area contributed by atoms with Crippen LogP contribution in [-0.2, 0) is 9.59 Å². The number of nitrogens with one attached hydrogen (secondary N) is 1. The number of rotatable bonds is 8. The van der Waals surface area contributed by atoms with Crippen molar-refractivity contribution in [2.75, 3.05) is 19.6 Å². The van der Waals surface area contributed by atoms with Crippen molar-refractivity contribution in [3.8, 4) is 0 Å². The van der Waals surface area contributed by atoms with Crippen molar-refractivity contribution in [1.29, 1.82) is 0 Å². The van der Waals surface area contributed by atoms with Crippen LogP contribution in [0.5, 0.6) is 0 Å². The number of unbranched alkanes of at least 4 members (excludes halogenated alkanes) is 1. The molecule has 1 aliphatic rings. The largest absolute Gasteiger partial charge is 0.346 e. The quantitative estimate of drug-likeness (QED) is 0.508. The fourth-order valence-electron chi connectivity index (χ4n) is 3.65. The molecule has 8 heteroatoms. The Morgan fingerprint density at radius 2 is 2.10 bits per heavy atom. The number of Topliss-reactive ketones (excluding diaryl/α,β-unsaturated/α-hetero) is 1. The van der Waals surface area contributed by atoms with Crippen LogP contribution in [0.2, 0.25) is 0 Å². The van der Waals surface area contributed by atoms with Gasteiger partial charge in [0.05, 0.1) is 22.2 Å². The zero-order chi connectivity index (χ0) is 20.8. The lowest BCUT2D eigenvalue weighted by molar-refractivity contribution is -0.134. The zero-order valence-electron chi connectivity index (χ0n) is 16.7. The first kappa shape index (κ1) is 21.4. The lowest BCUT2D eigenvalue weighted by atomic mass is 9.96. The SMILES string of the molecule is CC(=O)N1CCC[C@H](C(=O)NC(CCCCN)C(=O)c2nc3ccccc3s2)C1. The molecule has 0 saturated carbocycles. The highest BCUT2D eigenvalue weighted by atomic mass is 32.1. The first-order valence-electron chi connectivity index (χ1n) is 10.2. The molecule has 1 unspecified atom stereocenters. The molecule has 1 saturated heterocycles. The Morgan fingerprint density at radius 1 is 1.31 bits per heavy atom. The Hall–Kier alpha value is -2.32. The fourth-order valence-corrected chi connectivity index (χ4v) is 4.62. The van der Waals surface area contributed by atoms with Gasteiger partial charge in [-0.1, -0.05) is 12.1 Å². The van der Waals surface area contributed by atoms with Crippen LogP contribution in [0, 0.1) is 5.92 Å². The third-order valence-corrected chi connectivity index (χ3v) is 6.37. The second-order valence-electron chi connectivity index (χ2n) is 7.50. The fraction of sp³-hybridized carbons (Fsp3) is 0.524. The highest BCUT2D eigenvalue weighted by Gasteiger charge is 2.31. The van der Waals surface area contributed by atoms with Crippen LogP contribution in [0.15, 0.2) is 24.3 Å². The Kier molecular flexibility index (Phi) is 7.33. The van der Waals surface area contributed by atoms with Gasteiger partial charge in [-0.3, -0.25) is 14.4 Å². The van der Waals surface area contributed by atoms with E-state index in [-0.39, 0.29) is 23.5 Å². The lowest BCUT2D eigenvalue weighted by Gasteiger charge is -2.32. The van der Waals surface area contributed by atoms with Crippen LogP contribution in [0.1, 0.15) is 48.8 Å². The minimum absolute atomic E-state index is 0.0208. The van der Waals surface area contributed by atoms with E-state index in [1.54, 1.807) is 4.90 Å². The molecule has 1 aliphatic heterocycles. The number of piperidine rings is 1. The van der Waals surface area contributed by atoms with Gasteiger partial charge in [-0.25, -0.2) is 4.98 Å². The monoisotopic (exact) mass is 416 g/mol. The van der Waals surface area contributed by atoms with Crippen molar-refractivity contribution in [3.05, 3.63) is 29.3 Å². The molecule has 0 spiro atoms. The van der Waals surface area contributed by atoms with Crippen molar-refractivity contribution < 1.29 is 14.4 Å². The third-order valence-electron chi connectivity index (χ3n) is 5.32. The number of nitrogens with zero attached hydrogens (tertiary/aromatic N) is 2. The van der Waals surface area contributed by atoms with Crippen molar-refractivity contribution >= 4 is 39.2 Å². The third kappa shape index (κ3) is 5.39. The highest BCUT2D eigenvalue weighted by molar-refractivity contribution is 7.20. The van der Waals surface area contributed by atoms with E-state index in [4.69, 9.17) is 5.73 Å². The number of fused-ring (bicyclic) bond motifs is 1. The van der Waals surface area contributed by atoms with Crippen LogP contribution in [0.25, 0.3) is 10.2 Å². The van der Waals surface area contributed by atoms with E-state index in [2.05, 4.69) is 10.3 Å². The van der Waals surface area contributed by atoms with Crippen LogP contribution in [0.4, 0.5) is 0 Å². The number of thiazole rings is 1. The number of nitrogens with two attached hydrogens (primary N) is 1. The summed E-state index contributed by atoms with van der Waals surface area (Å²) in [4.78, 5) is 43.8. The van der Waals surface area contributed by atoms with Gasteiger partial charge in [0.25, 0.3) is 0 Å². The zero-order valence-corrected chi connectivity index (χ0v) is 17.5. The molecule has 2 atom stereocenters. The van der Waals surface area contributed by atoms with Gasteiger partial charge >= 0.3 is 0 Å². The summed E-state index contributed by atoms with van der Waals surface area (Å²) in [6.45, 7) is 3.16. The van der Waals surface area contributed by atoms with Crippen molar-refractivity contribution in [2.24, 2.45) is 11.7 Å². The molecule has 1 aromatic carbocycles. The first-order chi connectivity index (χ1) is 14.0. The molecule has 7 nitrogen and oxygen atoms in total. The van der Waals surface area contributed by atoms with Crippen molar-refractivity contribution in [3.63, 3.8) is 0 Å². The van der Waals surface area contributed by atoms with Crippen LogP contribution in [0.3, 0.4) is 0 Å². The first-order valence-corrected chi connectivity index (χ1v) is 11.0. The maximum Gasteiger partial charge on any atom is 0.225 e. The molecule has 2 amide bonds. The van der Waals surface area contributed by atoms with E-state index in [9.17, 15) is 14.4 Å². The summed E-state index contributed by atoms with van der Waals surface area (Å²) >= 11 is 1.35. The predicted molar refractivity (Wildman–Crippen MR) is 114 cm³/mol. The number of likely N-dealkylation sites (tertiary alicyclic amines) is 1. The van der Waals surface area contributed by atoms with Gasteiger partial charge in [-0.15, -0.1) is 11.3 Å². The minimum atomic E-state index is -0.623. The van der Waals surface area contributed by atoms with Crippen LogP contribution < -0.4 is 11.1 Å². The lowest BCUT2D eigenvalue weighted by Crippen LogP contribution is -2.49. The van der Waals surface area contributed by atoms with Crippen LogP contribution in [-0.4, -0.2) is 53.2 Å². The van der Waals surface area contributed by atoms with Gasteiger partial charge in [0.1, 0.15) is 0 Å². The number of aromatic nitrogens is 1. The van der Waals surface area contributed by atoms with Crippen molar-refractivity contribution in [2.45, 2.75) is 45.1 Å². The van der Waals surface area contributed by atoms with Gasteiger partial charge in [-0.05, 0) is 50.8 Å². The standard InChI is InChI=1S/C21H28N4O3S/c1-14(26)25-12-6-7-15(13-25)20(28)23-17(9-4-5-11-22)19(27)21-24-16-8-2-3-10-18(16)29-21/h2-3,8,10,15,17H,4-7,9,11-13,22H2,1H3,(H,23,28)/t15-,17?/m0/s1. The number of carbonyl (C=O) groups is 3. The summed E-state index contributed by atoms with van der Waals surface area (Å²) in [5, 5.41) is 3.36. The number of benzene rings is 1. The topological polar surface area (TPSA) is 105 Å². The molecule has 29 heavy (non-hydrogen) atoms. The Morgan fingerprint density at radius 3 is 2.83 bits per heavy atom. The number of amides is 2. The molecule has 3 N–H and O–H groups in total. The summed E-state index contributed by atoms with van der Waals surface area (Å²) in [6.07, 6.45) is 3.59. The number of hydrogen-bond donors (Lipinski definition) is 2. The highest BCUT2D eigenvalue weighted by Crippen LogP contribution is 2.24. The Labute approximate surface area is 174 Å². The number of para-hydroxylation sites is 1. The van der Waals surface area contributed by atoms with Gasteiger partial charge in [0, 0.05) is 20.0 Å². The summed E-state index contributed by atoms with van der Waals surface area (Å²) in [7, 11) is 0. The number of carbonyl (C=O) groups excluding carboxylic acids is 3. The minimum Gasteiger partial charge on any atom is -0.346 e. The van der Waals surface area contributed by atoms with E-state index in [1.807, 2.05) is 24.3 Å². The second-order valence-corrected chi connectivity index (χ2v) is 8.53. The van der Waals surface area contributed by atoms with E-state index in [1.165, 1.54) is 18.3 Å². The van der Waals surface area contributed by atoms with Gasteiger partial charge < -0.3 is 16.0 Å². The second kappa shape index (κ2) is 9.93. The summed E-state index contributed by atoms with van der Waals surface area (Å²) < 4.78 is 0.951. The van der Waals surface area contributed by atoms with E-state index in [0.29, 0.717) is 31.1 Å². The van der Waals surface area contributed by atoms with Gasteiger partial charge in [0.15, 0.2) is 5.01 Å². The Balaban J connectivity index is 1.72. The molecular formula is C21H28N4O3S. The smallest absolute Gasteiger partial charge is 0.225 e. The summed E-state index contributed by atoms with van der Waals surface area (Å²) in [5.74, 6) is -0.626. The van der Waals surface area contributed by atoms with E-state index < -0.39 is 6.04 Å². The molecule has 2 aromatic rings. The van der Waals surface area contributed by atoms with Crippen LogP contribution >= 0.6 is 11.3 Å². The molecule has 0 aliphatic carbocycles. The number of ketones is 1. The Bertz CT molecular complexity index is 849. The normalized spacial score (nSPS) is 17.9. The molecule has 0 radical (unpaired) electrons. The maximum atomic E-state index is 13.1. The summed E-state index contributed by atoms with van der Waals surface area (Å²) in [5.41, 5.74) is 6.38. The summed E-state index contributed by atoms with van der Waals surface area (Å²) in [6, 6.07) is 7.00. The molecule has 156 valence electrons. The maximum absolute atomic E-state index is 13.1. The molecule has 2 heterocycles. The average Bonchev–Trinajstić information content (AvgIpc) is 3.17. The molecule has 0 bridgehead atoms. The molecular weight excluding hydrogens is 388 g/mol. The molecule has 3 rings (SSSR count). The van der Waals surface area contributed by atoms with Crippen molar-refractivity contribution in [1.82, 2.24) is 15.2 Å². The van der Waals surface area contributed by atoms with E-state index in [0.717, 1.165) is 35.9 Å². The average molecular weight is 417 g/mol. The van der Waals surface area contributed by atoms with Gasteiger partial charge in [-0.2, -0.15) is 0 Å². The number of hydrogen-bond acceptors (Lipinski definition) is 6. The molecule has 1 aromatic heterocycles. The van der Waals surface area contributed by atoms with Gasteiger partial charge in [0.2, 0.25) is 17.6 Å². The molecule has 1 fully saturated rings. The van der Waals surface area contributed by atoms with E-state index >= 15 is 0 Å². The predicted octanol–water partition coefficient (Wildman–Crippen LogP) is 2.35.